The van der Waals surface area contributed by atoms with Crippen molar-refractivity contribution in [1.82, 2.24) is 0 Å². The molecule has 3 saturated heterocycles. The molecule has 402 valence electrons. The van der Waals surface area contributed by atoms with Gasteiger partial charge in [-0.05, 0) is 92.4 Å². The van der Waals surface area contributed by atoms with Gasteiger partial charge in [-0.25, -0.2) is 9.59 Å². The van der Waals surface area contributed by atoms with Gasteiger partial charge in [0.25, 0.3) is 0 Å². The quantitative estimate of drug-likeness (QED) is 0.0739. The number of esters is 2. The van der Waals surface area contributed by atoms with Crippen LogP contribution in [0, 0.1) is 22.7 Å². The van der Waals surface area contributed by atoms with Crippen molar-refractivity contribution in [1.29, 1.82) is 0 Å². The van der Waals surface area contributed by atoms with E-state index in [2.05, 4.69) is 0 Å². The summed E-state index contributed by atoms with van der Waals surface area (Å²) in [5.74, 6) is -3.40. The first-order valence-corrected chi connectivity index (χ1v) is 25.0. The topological polar surface area (TPSA) is 285 Å². The largest absolute Gasteiger partial charge is 0.455 e. The molecule has 0 bridgehead atoms. The average Bonchev–Trinajstić information content (AvgIpc) is 3.63. The summed E-state index contributed by atoms with van der Waals surface area (Å²) in [6.45, 7) is 14.4. The molecule has 3 saturated carbocycles. The van der Waals surface area contributed by atoms with E-state index in [0.29, 0.717) is 24.8 Å². The van der Waals surface area contributed by atoms with Crippen molar-refractivity contribution in [2.45, 2.75) is 223 Å². The Hall–Kier alpha value is -2.77. The van der Waals surface area contributed by atoms with Gasteiger partial charge >= 0.3 is 11.9 Å². The number of ether oxygens (including phenoxy) is 10. The fourth-order valence-electron chi connectivity index (χ4n) is 13.2. The number of hydrogen-bond acceptors (Lipinski definition) is 20. The lowest BCUT2D eigenvalue weighted by Crippen LogP contribution is -2.80. The monoisotopic (exact) mass is 1010 g/mol. The highest BCUT2D eigenvalue weighted by molar-refractivity contribution is 5.89. The van der Waals surface area contributed by atoms with E-state index in [0.717, 1.165) is 5.57 Å². The van der Waals surface area contributed by atoms with Crippen molar-refractivity contribution < 1.29 is 97.5 Å². The second-order valence-corrected chi connectivity index (χ2v) is 21.3. The first-order valence-electron chi connectivity index (χ1n) is 25.0. The molecular weight excluding hydrogens is 933 g/mol. The van der Waals surface area contributed by atoms with Crippen molar-refractivity contribution in [3.05, 3.63) is 34.9 Å². The number of ketones is 1. The Morgan fingerprint density at radius 1 is 0.746 bits per heavy atom. The van der Waals surface area contributed by atoms with Crippen LogP contribution in [0.5, 0.6) is 0 Å². The fourth-order valence-corrected chi connectivity index (χ4v) is 13.2. The number of methoxy groups -OCH3 is 2. The van der Waals surface area contributed by atoms with Crippen LogP contribution in [0.1, 0.15) is 107 Å². The lowest BCUT2D eigenvalue weighted by molar-refractivity contribution is -0.371. The predicted octanol–water partition coefficient (Wildman–Crippen LogP) is 1.59. The van der Waals surface area contributed by atoms with Crippen LogP contribution in [0.25, 0.3) is 0 Å². The normalized spacial score (nSPS) is 48.1. The van der Waals surface area contributed by atoms with Crippen LogP contribution in [0.3, 0.4) is 0 Å². The Labute approximate surface area is 415 Å². The standard InChI is InChI=1S/C51H78O20/c1-12-23(3)44(58)68-41-42-48(8)17-15-29(20-28(48)14-18-50(42,60)51(61)19-16-30(25(5)53)49(51,9)43(41)71-45(59)24(4)13-2)66-33-21-31(62-10)38(26(6)64-33)69-47-37(57)40(63-11)39(27(7)65-47)70-46-36(56)35(55)34(54)32(22-52)67-46/h12-14,26-27,29-43,46-47,52,54-57,60-61H,15-22H2,1-11H3. The highest BCUT2D eigenvalue weighted by Crippen LogP contribution is 2.70. The smallest absolute Gasteiger partial charge is 0.333 e. The van der Waals surface area contributed by atoms with Crippen molar-refractivity contribution in [3.8, 4) is 0 Å². The minimum absolute atomic E-state index is 0.0305. The molecule has 20 nitrogen and oxygen atoms in total. The molecule has 4 aliphatic carbocycles. The Balaban J connectivity index is 1.08. The second-order valence-electron chi connectivity index (χ2n) is 21.3. The first kappa shape index (κ1) is 56.0. The summed E-state index contributed by atoms with van der Waals surface area (Å²) >= 11 is 0. The molecule has 6 fully saturated rings. The Kier molecular flexibility index (Phi) is 16.9. The van der Waals surface area contributed by atoms with Gasteiger partial charge < -0.3 is 83.1 Å². The number of carbonyl (C=O) groups excluding carboxylic acids is 3. The van der Waals surface area contributed by atoms with E-state index in [4.69, 9.17) is 47.4 Å². The van der Waals surface area contributed by atoms with E-state index in [1.807, 2.05) is 13.0 Å². The molecule has 23 unspecified atom stereocenters. The molecule has 7 N–H and O–H groups in total. The van der Waals surface area contributed by atoms with E-state index >= 15 is 0 Å². The first-order chi connectivity index (χ1) is 33.4. The fraction of sp³-hybridized carbons (Fsp3) is 0.824. The van der Waals surface area contributed by atoms with Crippen LogP contribution < -0.4 is 0 Å². The predicted molar refractivity (Wildman–Crippen MR) is 247 cm³/mol. The summed E-state index contributed by atoms with van der Waals surface area (Å²) in [7, 11) is 2.88. The van der Waals surface area contributed by atoms with Crippen LogP contribution in [-0.4, -0.2) is 190 Å². The average molecular weight is 1010 g/mol. The van der Waals surface area contributed by atoms with Crippen molar-refractivity contribution in [2.24, 2.45) is 22.7 Å². The molecule has 0 aromatic heterocycles. The minimum Gasteiger partial charge on any atom is -0.455 e. The molecule has 71 heavy (non-hydrogen) atoms. The van der Waals surface area contributed by atoms with Gasteiger partial charge in [0.05, 0.1) is 31.0 Å². The zero-order valence-corrected chi connectivity index (χ0v) is 42.8. The molecule has 3 aliphatic heterocycles. The zero-order chi connectivity index (χ0) is 52.3. The number of rotatable bonds is 14. The third-order valence-electron chi connectivity index (χ3n) is 17.6. The van der Waals surface area contributed by atoms with Gasteiger partial charge in [0, 0.05) is 49.0 Å². The maximum atomic E-state index is 13.9. The van der Waals surface area contributed by atoms with E-state index in [1.165, 1.54) is 21.1 Å². The van der Waals surface area contributed by atoms with E-state index in [-0.39, 0.29) is 43.1 Å². The molecule has 0 spiro atoms. The van der Waals surface area contributed by atoms with Crippen LogP contribution in [0.4, 0.5) is 0 Å². The summed E-state index contributed by atoms with van der Waals surface area (Å²) < 4.78 is 61.6. The SMILES string of the molecule is CC=C(C)C(=O)OC1C2C3(C)CCC(OC4CC(OC)C(OC5OC(C)C(OC6OC(CO)C(O)C(O)C6O)C(OC)C5O)C(C)O4)CC3=CCC2(O)C2(O)CCC(C(C)=O)C2(C)C1OC(=O)C(C)=CC. The van der Waals surface area contributed by atoms with Crippen molar-refractivity contribution in [3.63, 3.8) is 0 Å². The van der Waals surface area contributed by atoms with Crippen LogP contribution >= 0.6 is 0 Å². The molecule has 23 atom stereocenters. The van der Waals surface area contributed by atoms with Crippen molar-refractivity contribution >= 4 is 17.7 Å². The second kappa shape index (κ2) is 21.5. The highest BCUT2D eigenvalue weighted by atomic mass is 16.8. The third-order valence-corrected chi connectivity index (χ3v) is 17.6. The van der Waals surface area contributed by atoms with Gasteiger partial charge in [0.15, 0.2) is 18.9 Å². The van der Waals surface area contributed by atoms with Crippen LogP contribution in [0.2, 0.25) is 0 Å². The molecule has 7 rings (SSSR count). The highest BCUT2D eigenvalue weighted by Gasteiger charge is 2.81. The third kappa shape index (κ3) is 9.53. The Morgan fingerprint density at radius 3 is 1.97 bits per heavy atom. The van der Waals surface area contributed by atoms with Gasteiger partial charge in [-0.3, -0.25) is 4.79 Å². The van der Waals surface area contributed by atoms with Gasteiger partial charge in [-0.1, -0.05) is 37.6 Å². The number of fused-ring (bicyclic) bond motifs is 5. The summed E-state index contributed by atoms with van der Waals surface area (Å²) in [4.78, 5) is 41.1. The van der Waals surface area contributed by atoms with E-state index in [1.54, 1.807) is 60.6 Å². The molecule has 0 aromatic carbocycles. The molecule has 7 aliphatic rings. The number of hydrogen-bond donors (Lipinski definition) is 7. The van der Waals surface area contributed by atoms with Crippen LogP contribution in [-0.2, 0) is 61.8 Å². The molecule has 20 heteroatoms. The van der Waals surface area contributed by atoms with Gasteiger partial charge in [-0.15, -0.1) is 0 Å². The van der Waals surface area contributed by atoms with Gasteiger partial charge in [0.1, 0.15) is 78.0 Å². The summed E-state index contributed by atoms with van der Waals surface area (Å²) in [6, 6.07) is 0. The molecule has 0 amide bonds. The van der Waals surface area contributed by atoms with Crippen LogP contribution in [0.15, 0.2) is 34.9 Å². The lowest BCUT2D eigenvalue weighted by Gasteiger charge is -2.68. The number of aliphatic hydroxyl groups excluding tert-OH is 5. The number of aliphatic hydroxyl groups is 7. The molecular formula is C51H78O20. The minimum atomic E-state index is -1.93. The van der Waals surface area contributed by atoms with Crippen molar-refractivity contribution in [2.75, 3.05) is 20.8 Å². The summed E-state index contributed by atoms with van der Waals surface area (Å²) in [5.41, 5.74) is -4.82. The lowest BCUT2D eigenvalue weighted by atomic mass is 9.42. The zero-order valence-electron chi connectivity index (χ0n) is 42.8. The number of allylic oxidation sites excluding steroid dienone is 2. The summed E-state index contributed by atoms with van der Waals surface area (Å²) in [5, 5.41) is 78.8. The van der Waals surface area contributed by atoms with Gasteiger partial charge in [0.2, 0.25) is 0 Å². The number of carbonyl (C=O) groups is 3. The Bertz CT molecular complexity index is 2040. The maximum absolute atomic E-state index is 13.9. The van der Waals surface area contributed by atoms with Gasteiger partial charge in [-0.2, -0.15) is 0 Å². The Morgan fingerprint density at radius 2 is 1.37 bits per heavy atom. The maximum Gasteiger partial charge on any atom is 0.333 e. The van der Waals surface area contributed by atoms with E-state index < -0.39 is 151 Å². The number of Topliss-reactive ketones (excluding diaryl/α,β-unsaturated/α-hetero) is 1. The van der Waals surface area contributed by atoms with E-state index in [9.17, 15) is 50.1 Å². The molecule has 3 heterocycles. The molecule has 0 aromatic rings. The molecule has 0 radical (unpaired) electrons. The summed E-state index contributed by atoms with van der Waals surface area (Å²) in [6.07, 6.45) is -12.3.